The molecule has 3 saturated carbocycles. The number of alkyl halides is 4. The average Bonchev–Trinajstić information content (AvgIpc) is 3.72. The van der Waals surface area contributed by atoms with Crippen LogP contribution in [0.3, 0.4) is 0 Å². The molecule has 3 aromatic rings. The monoisotopic (exact) mass is 746 g/mol. The fraction of sp³-hybridized carbons (Fsp3) is 0.515. The lowest BCUT2D eigenvalue weighted by Crippen LogP contribution is -2.47. The van der Waals surface area contributed by atoms with E-state index in [0.717, 1.165) is 35.7 Å². The van der Waals surface area contributed by atoms with Gasteiger partial charge in [-0.15, -0.1) is 20.4 Å². The smallest absolute Gasteiger partial charge is 0.252 e. The summed E-state index contributed by atoms with van der Waals surface area (Å²) in [6.45, 7) is 5.46. The molecule has 51 heavy (non-hydrogen) atoms. The molecule has 6 rings (SSSR count). The zero-order valence-electron chi connectivity index (χ0n) is 27.8. The zero-order chi connectivity index (χ0) is 36.2. The topological polar surface area (TPSA) is 159 Å². The number of aromatic nitrogens is 5. The van der Waals surface area contributed by atoms with Crippen molar-refractivity contribution in [3.8, 4) is 0 Å². The summed E-state index contributed by atoms with van der Waals surface area (Å²) in [6.07, 6.45) is 5.58. The van der Waals surface area contributed by atoms with E-state index in [0.29, 0.717) is 33.3 Å². The van der Waals surface area contributed by atoms with E-state index in [9.17, 15) is 27.2 Å². The molecule has 3 aliphatic rings. The number of carbonyl (C=O) groups excluding carboxylic acids is 2. The summed E-state index contributed by atoms with van der Waals surface area (Å²) in [5.41, 5.74) is 0.882. The van der Waals surface area contributed by atoms with Crippen LogP contribution >= 0.6 is 22.7 Å². The molecule has 2 amide bonds. The second-order valence-electron chi connectivity index (χ2n) is 13.1. The van der Waals surface area contributed by atoms with Crippen LogP contribution in [-0.2, 0) is 16.0 Å². The Morgan fingerprint density at radius 2 is 1.53 bits per heavy atom. The molecular weight excluding hydrogens is 709 g/mol. The molecule has 0 aliphatic heterocycles. The second kappa shape index (κ2) is 15.5. The van der Waals surface area contributed by atoms with Gasteiger partial charge in [-0.1, -0.05) is 41.7 Å². The van der Waals surface area contributed by atoms with Gasteiger partial charge in [-0.25, -0.2) is 27.5 Å². The predicted octanol–water partition coefficient (Wildman–Crippen LogP) is 6.82. The van der Waals surface area contributed by atoms with Crippen LogP contribution in [0.15, 0.2) is 47.7 Å². The van der Waals surface area contributed by atoms with Crippen LogP contribution in [-0.4, -0.2) is 66.8 Å². The normalized spacial score (nSPS) is 22.0. The van der Waals surface area contributed by atoms with Gasteiger partial charge in [-0.05, 0) is 50.5 Å². The van der Waals surface area contributed by atoms with E-state index in [1.807, 2.05) is 0 Å². The third-order valence-electron chi connectivity index (χ3n) is 8.89. The summed E-state index contributed by atoms with van der Waals surface area (Å²) in [7, 11) is 0. The van der Waals surface area contributed by atoms with Gasteiger partial charge in [0.05, 0.1) is 24.2 Å². The minimum atomic E-state index is -2.65. The Morgan fingerprint density at radius 1 is 0.922 bits per heavy atom. The van der Waals surface area contributed by atoms with Crippen molar-refractivity contribution in [2.45, 2.75) is 107 Å². The largest absolute Gasteiger partial charge is 0.367 e. The van der Waals surface area contributed by atoms with Crippen molar-refractivity contribution in [1.29, 1.82) is 0 Å². The minimum absolute atomic E-state index is 0.00736. The van der Waals surface area contributed by atoms with Gasteiger partial charge in [0.1, 0.15) is 21.7 Å². The Kier molecular flexibility index (Phi) is 11.1. The lowest BCUT2D eigenvalue weighted by Gasteiger charge is -2.35. The number of nitrogens with zero attached hydrogens (tertiary/aromatic N) is 6. The molecule has 272 valence electrons. The minimum Gasteiger partial charge on any atom is -0.367 e. The number of halogens is 4. The summed E-state index contributed by atoms with van der Waals surface area (Å²) in [5, 5.41) is 31.0. The molecule has 3 fully saturated rings. The maximum absolute atomic E-state index is 13.2. The number of amides is 2. The van der Waals surface area contributed by atoms with Crippen molar-refractivity contribution in [1.82, 2.24) is 30.7 Å². The van der Waals surface area contributed by atoms with Crippen molar-refractivity contribution in [3.63, 3.8) is 0 Å². The number of hydrogen-bond acceptors (Lipinski definition) is 12. The van der Waals surface area contributed by atoms with Gasteiger partial charge in [-0.2, -0.15) is 0 Å². The van der Waals surface area contributed by atoms with Crippen LogP contribution in [0.1, 0.15) is 92.3 Å². The molecule has 3 aromatic heterocycles. The molecule has 4 N–H and O–H groups in total. The van der Waals surface area contributed by atoms with E-state index in [1.165, 1.54) is 28.7 Å². The summed E-state index contributed by atoms with van der Waals surface area (Å²) in [4.78, 5) is 34.3. The van der Waals surface area contributed by atoms with E-state index in [2.05, 4.69) is 58.2 Å². The fourth-order valence-electron chi connectivity index (χ4n) is 6.29. The molecule has 0 saturated heterocycles. The van der Waals surface area contributed by atoms with E-state index < -0.39 is 11.8 Å². The molecule has 0 unspecified atom stereocenters. The van der Waals surface area contributed by atoms with Crippen molar-refractivity contribution >= 4 is 56.3 Å². The van der Waals surface area contributed by atoms with Crippen molar-refractivity contribution in [2.75, 3.05) is 16.0 Å². The standard InChI is InChI=1S/C33H38F4N10O2S2/c1-3-20(38-24(4-2)40-22-14-32(34,35)15-22)12-26(48)42-30-46-44-28(50-30)18-7-5-8-19(11-18)29-45-47-31(51-29)43-27(49)13-21-9-6-10-25(39-21)41-23-16-33(36,37)17-23/h3-4,6,9-10,18-19,22-23,40H,1,5,7-8,11-17H2,2H3,(H,39,41)(H,42,46,48)(H,43,47,49)/b24-4+,38-20+/t18-,19-/m0/s1. The van der Waals surface area contributed by atoms with Crippen LogP contribution in [0.4, 0.5) is 33.6 Å². The van der Waals surface area contributed by atoms with Gasteiger partial charge in [-0.3, -0.25) is 9.59 Å². The van der Waals surface area contributed by atoms with Gasteiger partial charge in [0.25, 0.3) is 11.8 Å². The second-order valence-corrected chi connectivity index (χ2v) is 15.1. The lowest BCUT2D eigenvalue weighted by molar-refractivity contribution is -0.116. The molecular formula is C33H38F4N10O2S2. The zero-order valence-corrected chi connectivity index (χ0v) is 29.4. The average molecular weight is 747 g/mol. The first kappa shape index (κ1) is 36.5. The molecule has 2 atom stereocenters. The molecule has 12 nitrogen and oxygen atoms in total. The highest BCUT2D eigenvalue weighted by Gasteiger charge is 2.46. The van der Waals surface area contributed by atoms with Gasteiger partial charge >= 0.3 is 0 Å². The Bertz CT molecular complexity index is 1800. The van der Waals surface area contributed by atoms with Crippen LogP contribution in [0.5, 0.6) is 0 Å². The first-order chi connectivity index (χ1) is 24.3. The Morgan fingerprint density at radius 3 is 2.12 bits per heavy atom. The van der Waals surface area contributed by atoms with E-state index >= 15 is 0 Å². The van der Waals surface area contributed by atoms with Crippen molar-refractivity contribution < 1.29 is 27.2 Å². The first-order valence-corrected chi connectivity index (χ1v) is 18.4. The maximum Gasteiger partial charge on any atom is 0.252 e. The summed E-state index contributed by atoms with van der Waals surface area (Å²) >= 11 is 2.64. The van der Waals surface area contributed by atoms with Gasteiger partial charge < -0.3 is 21.3 Å². The molecule has 3 heterocycles. The van der Waals surface area contributed by atoms with Crippen LogP contribution in [0.25, 0.3) is 0 Å². The van der Waals surface area contributed by atoms with Gasteiger partial charge in [0.2, 0.25) is 22.1 Å². The van der Waals surface area contributed by atoms with Crippen LogP contribution in [0.2, 0.25) is 0 Å². The maximum atomic E-state index is 13.2. The van der Waals surface area contributed by atoms with Crippen LogP contribution in [0, 0.1) is 0 Å². The molecule has 0 radical (unpaired) electrons. The predicted molar refractivity (Wildman–Crippen MR) is 188 cm³/mol. The van der Waals surface area contributed by atoms with E-state index in [4.69, 9.17) is 0 Å². The summed E-state index contributed by atoms with van der Waals surface area (Å²) < 4.78 is 52.8. The third kappa shape index (κ3) is 9.93. The number of allylic oxidation sites excluding steroid dienone is 2. The molecule has 18 heteroatoms. The number of aliphatic imine (C=N–C) groups is 1. The van der Waals surface area contributed by atoms with E-state index in [1.54, 1.807) is 31.2 Å². The van der Waals surface area contributed by atoms with Crippen LogP contribution < -0.4 is 21.3 Å². The molecule has 3 aliphatic carbocycles. The van der Waals surface area contributed by atoms with Crippen molar-refractivity contribution in [3.05, 3.63) is 58.5 Å². The highest BCUT2D eigenvalue weighted by atomic mass is 32.1. The molecule has 0 bridgehead atoms. The number of anilines is 3. The summed E-state index contributed by atoms with van der Waals surface area (Å²) in [6, 6.07) is 4.41. The van der Waals surface area contributed by atoms with E-state index in [-0.39, 0.29) is 74.3 Å². The Balaban J connectivity index is 0.973. The van der Waals surface area contributed by atoms with Crippen molar-refractivity contribution in [2.24, 2.45) is 4.99 Å². The number of nitrogens with one attached hydrogen (secondary N) is 4. The lowest BCUT2D eigenvalue weighted by atomic mass is 9.82. The number of hydrogen-bond donors (Lipinski definition) is 4. The Hall–Kier alpha value is -4.32. The third-order valence-corrected chi connectivity index (χ3v) is 10.9. The number of carbonyl (C=O) groups is 2. The fourth-order valence-corrected chi connectivity index (χ4v) is 8.10. The molecule has 0 aromatic carbocycles. The number of rotatable bonds is 14. The summed E-state index contributed by atoms with van der Waals surface area (Å²) in [5.74, 6) is -4.87. The molecule has 0 spiro atoms. The van der Waals surface area contributed by atoms with Gasteiger partial charge in [0.15, 0.2) is 0 Å². The first-order valence-electron chi connectivity index (χ1n) is 16.7. The quantitative estimate of drug-likeness (QED) is 0.103. The number of pyridine rings is 1. The highest BCUT2D eigenvalue weighted by molar-refractivity contribution is 7.15. The SMILES string of the molecule is C=C/C(CC(=O)Nc1nnc([C@H]2CCC[C@H](c3nnc(NC(=O)Cc4cccc(NC5CC(F)(F)C5)n4)s3)C2)s1)=N\C(=C/C)NC1CC(F)(F)C1. The highest BCUT2D eigenvalue weighted by Crippen LogP contribution is 2.44. The van der Waals surface area contributed by atoms with Gasteiger partial charge in [0, 0.05) is 49.6 Å². The Labute approximate surface area is 299 Å².